The predicted octanol–water partition coefficient (Wildman–Crippen LogP) is 4.41. The van der Waals surface area contributed by atoms with Gasteiger partial charge in [-0.25, -0.2) is 0 Å². The maximum Gasteiger partial charge on any atom is 0.257 e. The third-order valence-corrected chi connectivity index (χ3v) is 5.19. The summed E-state index contributed by atoms with van der Waals surface area (Å²) in [6, 6.07) is 9.64. The summed E-state index contributed by atoms with van der Waals surface area (Å²) in [5.74, 6) is -0.372. The highest BCUT2D eigenvalue weighted by atomic mass is 35.5. The number of carbonyl (C=O) groups is 1. The van der Waals surface area contributed by atoms with E-state index in [2.05, 4.69) is 19.4 Å². The second kappa shape index (κ2) is 8.19. The molecule has 1 atom stereocenters. The Morgan fingerprint density at radius 3 is 2.29 bits per heavy atom. The molecule has 3 rings (SSSR count). The van der Waals surface area contributed by atoms with Gasteiger partial charge in [0.1, 0.15) is 0 Å². The third-order valence-electron chi connectivity index (χ3n) is 3.69. The highest BCUT2D eigenvalue weighted by Gasteiger charge is 2.21. The Labute approximate surface area is 173 Å². The molecule has 146 valence electrons. The molecule has 0 saturated carbocycles. The molecule has 1 unspecified atom stereocenters. The summed E-state index contributed by atoms with van der Waals surface area (Å²) in [7, 11) is 3.16. The van der Waals surface area contributed by atoms with Crippen LogP contribution in [-0.4, -0.2) is 43.3 Å². The zero-order valence-electron chi connectivity index (χ0n) is 14.7. The van der Waals surface area contributed by atoms with Gasteiger partial charge in [0.2, 0.25) is 11.6 Å². The molecule has 0 radical (unpaired) electrons. The second-order valence-corrected chi connectivity index (χ2v) is 7.47. The van der Waals surface area contributed by atoms with Crippen molar-refractivity contribution in [2.24, 2.45) is 0 Å². The summed E-state index contributed by atoms with van der Waals surface area (Å²) in [5, 5.41) is 16.8. The van der Waals surface area contributed by atoms with Gasteiger partial charge >= 0.3 is 0 Å². The van der Waals surface area contributed by atoms with E-state index in [1.54, 1.807) is 44.4 Å². The fourth-order valence-electron chi connectivity index (χ4n) is 2.34. The van der Waals surface area contributed by atoms with Crippen LogP contribution in [-0.2, 0) is 0 Å². The van der Waals surface area contributed by atoms with E-state index >= 15 is 0 Å². The Hall–Kier alpha value is -2.59. The Kier molecular flexibility index (Phi) is 5.90. The van der Waals surface area contributed by atoms with Crippen molar-refractivity contribution in [1.82, 2.24) is 13.6 Å². The zero-order valence-corrected chi connectivity index (χ0v) is 17.1. The average Bonchev–Trinajstić information content (AvgIpc) is 2.99. The number of phenols is 1. The van der Waals surface area contributed by atoms with Crippen LogP contribution in [0.15, 0.2) is 36.4 Å². The van der Waals surface area contributed by atoms with Gasteiger partial charge in [-0.3, -0.25) is 4.79 Å². The number of carbonyl (C=O) groups excluding carboxylic acids is 1. The first-order valence-corrected chi connectivity index (χ1v) is 9.71. The quantitative estimate of drug-likeness (QED) is 0.398. The molecule has 0 aliphatic carbocycles. The number of anilines is 4. The number of nitrogens with one attached hydrogen (secondary N) is 2. The summed E-state index contributed by atoms with van der Waals surface area (Å²) in [5.41, 5.74) is 0.762. The largest absolute Gasteiger partial charge is 0.546 e. The van der Waals surface area contributed by atoms with E-state index in [-0.39, 0.29) is 39.6 Å². The lowest BCUT2D eigenvalue weighted by Gasteiger charge is -2.14. The molecule has 0 saturated heterocycles. The first-order valence-electron chi connectivity index (χ1n) is 7.89. The number of amides is 1. The van der Waals surface area contributed by atoms with Crippen LogP contribution in [0.4, 0.5) is 23.0 Å². The fraction of sp³-hybridized carbons (Fsp3) is 0.118. The number of nitrogens with zero attached hydrogens (tertiary/aromatic N) is 3. The molecule has 2 aromatic carbocycles. The second-order valence-electron chi connectivity index (χ2n) is 5.86. The van der Waals surface area contributed by atoms with Crippen molar-refractivity contribution in [3.63, 3.8) is 0 Å². The van der Waals surface area contributed by atoms with E-state index < -0.39 is 11.1 Å². The first kappa shape index (κ1) is 20.2. The van der Waals surface area contributed by atoms with Crippen molar-refractivity contribution >= 4 is 63.3 Å². The van der Waals surface area contributed by atoms with Crippen LogP contribution in [0.2, 0.25) is 10.0 Å². The van der Waals surface area contributed by atoms with Gasteiger partial charge in [0.05, 0.1) is 27.0 Å². The van der Waals surface area contributed by atoms with Crippen molar-refractivity contribution in [1.29, 1.82) is 0 Å². The smallest absolute Gasteiger partial charge is 0.257 e. The van der Waals surface area contributed by atoms with Crippen molar-refractivity contribution in [2.45, 2.75) is 0 Å². The van der Waals surface area contributed by atoms with Crippen molar-refractivity contribution in [3.8, 4) is 5.75 Å². The molecule has 0 spiro atoms. The molecule has 0 bridgehead atoms. The molecule has 0 fully saturated rings. The Bertz CT molecular complexity index is 1040. The SMILES string of the molecule is CN(C)C(=O)c1cccc(Nc2n[s+]([O-])nc2Nc2cccc(Cl)c2Cl)c1O. The minimum atomic E-state index is -1.85. The average molecular weight is 440 g/mol. The van der Waals surface area contributed by atoms with E-state index in [1.807, 2.05) is 0 Å². The van der Waals surface area contributed by atoms with Gasteiger partial charge in [0.15, 0.2) is 16.9 Å². The monoisotopic (exact) mass is 439 g/mol. The molecule has 28 heavy (non-hydrogen) atoms. The highest BCUT2D eigenvalue weighted by Crippen LogP contribution is 2.37. The summed E-state index contributed by atoms with van der Waals surface area (Å²) in [6.07, 6.45) is 0. The van der Waals surface area contributed by atoms with Gasteiger partial charge < -0.3 is 25.2 Å². The lowest BCUT2D eigenvalue weighted by Crippen LogP contribution is -2.21. The molecule has 11 heteroatoms. The summed E-state index contributed by atoms with van der Waals surface area (Å²) in [6.45, 7) is 0. The number of halogens is 2. The number of hydrogen-bond donors (Lipinski definition) is 3. The molecule has 3 N–H and O–H groups in total. The summed E-state index contributed by atoms with van der Waals surface area (Å²) in [4.78, 5) is 13.5. The number of phenolic OH excluding ortho intramolecular Hbond substituents is 1. The molecule has 8 nitrogen and oxygen atoms in total. The van der Waals surface area contributed by atoms with E-state index in [4.69, 9.17) is 23.2 Å². The van der Waals surface area contributed by atoms with Crippen LogP contribution in [0, 0.1) is 0 Å². The topological polar surface area (TPSA) is 113 Å². The third kappa shape index (κ3) is 4.12. The molecule has 3 aromatic rings. The minimum Gasteiger partial charge on any atom is -0.546 e. The number of aromatic hydroxyl groups is 1. The zero-order chi connectivity index (χ0) is 20.4. The van der Waals surface area contributed by atoms with Crippen LogP contribution < -0.4 is 10.6 Å². The van der Waals surface area contributed by atoms with Crippen LogP contribution in [0.3, 0.4) is 0 Å². The van der Waals surface area contributed by atoms with Gasteiger partial charge in [-0.2, -0.15) is 0 Å². The van der Waals surface area contributed by atoms with Gasteiger partial charge in [-0.05, 0) is 24.3 Å². The molecule has 0 aliphatic rings. The van der Waals surface area contributed by atoms with Crippen LogP contribution in [0.25, 0.3) is 0 Å². The normalized spacial score (nSPS) is 11.2. The molecule has 0 aliphatic heterocycles. The molecule has 1 heterocycles. The Morgan fingerprint density at radius 1 is 1.07 bits per heavy atom. The maximum absolute atomic E-state index is 12.2. The molecular formula is C17H15Cl2N5O3S. The first-order chi connectivity index (χ1) is 13.3. The molecular weight excluding hydrogens is 425 g/mol. The van der Waals surface area contributed by atoms with E-state index in [0.717, 1.165) is 0 Å². The number of aromatic nitrogens is 2. The van der Waals surface area contributed by atoms with Gasteiger partial charge in [-0.1, -0.05) is 35.3 Å². The van der Waals surface area contributed by atoms with Gasteiger partial charge in [0, 0.05) is 22.8 Å². The van der Waals surface area contributed by atoms with Crippen molar-refractivity contribution in [3.05, 3.63) is 52.0 Å². The lowest BCUT2D eigenvalue weighted by atomic mass is 10.1. The Balaban J connectivity index is 1.93. The van der Waals surface area contributed by atoms with E-state index in [0.29, 0.717) is 10.7 Å². The number of benzene rings is 2. The van der Waals surface area contributed by atoms with Crippen LogP contribution in [0.5, 0.6) is 5.75 Å². The summed E-state index contributed by atoms with van der Waals surface area (Å²) >= 11 is 10.3. The van der Waals surface area contributed by atoms with Crippen molar-refractivity contribution in [2.75, 3.05) is 24.7 Å². The lowest BCUT2D eigenvalue weighted by molar-refractivity contribution is 0.0824. The minimum absolute atomic E-state index is 0.110. The van der Waals surface area contributed by atoms with E-state index in [1.165, 1.54) is 11.0 Å². The number of hydrogen-bond acceptors (Lipinski definition) is 7. The predicted molar refractivity (Wildman–Crippen MR) is 110 cm³/mol. The van der Waals surface area contributed by atoms with Crippen LogP contribution in [0.1, 0.15) is 10.4 Å². The molecule has 1 amide bonds. The van der Waals surface area contributed by atoms with E-state index in [9.17, 15) is 14.5 Å². The molecule has 1 aromatic heterocycles. The number of rotatable bonds is 5. The summed E-state index contributed by atoms with van der Waals surface area (Å²) < 4.78 is 19.6. The van der Waals surface area contributed by atoms with Gasteiger partial charge in [0.25, 0.3) is 5.91 Å². The fourth-order valence-corrected chi connectivity index (χ4v) is 3.31. The van der Waals surface area contributed by atoms with Crippen LogP contribution >= 0.6 is 34.3 Å². The van der Waals surface area contributed by atoms with Gasteiger partial charge in [-0.15, -0.1) is 0 Å². The maximum atomic E-state index is 12.2. The number of para-hydroxylation sites is 1. The Morgan fingerprint density at radius 2 is 1.64 bits per heavy atom. The highest BCUT2D eigenvalue weighted by molar-refractivity contribution is 7.14. The standard InChI is InChI=1S/C17H15Cl2N5O3S/c1-24(2)17(26)9-5-3-8-12(14(9)25)21-16-15(22-28(27)23-16)20-11-7-4-6-10(18)13(11)19/h3-8,25H,1-2H3,(H,20,22)(H,21,23). The van der Waals surface area contributed by atoms with Crippen molar-refractivity contribution < 1.29 is 14.5 Å².